The number of fused-ring (bicyclic) bond motifs is 9. The van der Waals surface area contributed by atoms with Crippen LogP contribution in [0.4, 0.5) is 10.5 Å². The molecule has 4 unspecified atom stereocenters. The number of amides is 2. The Labute approximate surface area is 310 Å². The highest BCUT2D eigenvalue weighted by molar-refractivity contribution is 7.21. The lowest BCUT2D eigenvalue weighted by molar-refractivity contribution is -0.0773. The van der Waals surface area contributed by atoms with Crippen molar-refractivity contribution >= 4 is 38.9 Å². The van der Waals surface area contributed by atoms with Crippen molar-refractivity contribution in [1.82, 2.24) is 4.90 Å². The van der Waals surface area contributed by atoms with Gasteiger partial charge in [-0.3, -0.25) is 4.79 Å². The quantitative estimate of drug-likeness (QED) is 0.116. The number of allylic oxidation sites excluding steroid dienone is 2. The second-order valence-corrected chi connectivity index (χ2v) is 16.1. The molecule has 0 saturated heterocycles. The largest absolute Gasteiger partial charge is 0.393 e. The summed E-state index contributed by atoms with van der Waals surface area (Å²) >= 11 is 1.50. The lowest BCUT2D eigenvalue weighted by Crippen LogP contribution is -2.54. The van der Waals surface area contributed by atoms with Gasteiger partial charge in [-0.15, -0.1) is 11.3 Å². The molecule has 3 aliphatic carbocycles. The van der Waals surface area contributed by atoms with Crippen molar-refractivity contribution in [2.75, 3.05) is 11.9 Å². The number of hydrogen-bond acceptors (Lipinski definition) is 5. The van der Waals surface area contributed by atoms with Crippen LogP contribution >= 0.6 is 11.3 Å². The van der Waals surface area contributed by atoms with Gasteiger partial charge in [0.05, 0.1) is 23.1 Å². The Morgan fingerprint density at radius 3 is 2.40 bits per heavy atom. The summed E-state index contributed by atoms with van der Waals surface area (Å²) in [6, 6.07) is 35.2. The van der Waals surface area contributed by atoms with Gasteiger partial charge in [-0.05, 0) is 110 Å². The van der Waals surface area contributed by atoms with Crippen LogP contribution in [0.25, 0.3) is 10.1 Å². The van der Waals surface area contributed by atoms with Crippen LogP contribution in [0.15, 0.2) is 121 Å². The van der Waals surface area contributed by atoms with Crippen molar-refractivity contribution in [3.05, 3.63) is 148 Å². The van der Waals surface area contributed by atoms with Crippen LogP contribution < -0.4 is 5.32 Å². The van der Waals surface area contributed by atoms with Crippen molar-refractivity contribution in [2.45, 2.75) is 83.0 Å². The summed E-state index contributed by atoms with van der Waals surface area (Å²) < 4.78 is 1.07. The molecule has 4 aromatic carbocycles. The third-order valence-electron chi connectivity index (χ3n) is 11.5. The van der Waals surface area contributed by atoms with Gasteiger partial charge < -0.3 is 20.4 Å². The average molecular weight is 713 g/mol. The normalized spacial score (nSPS) is 23.4. The number of aliphatic hydroxyl groups is 2. The Hall–Kier alpha value is -4.56. The molecular formula is C45H48N2O4S. The fourth-order valence-corrected chi connectivity index (χ4v) is 9.48. The number of nitrogens with zero attached hydrogens (tertiary/aromatic N) is 1. The van der Waals surface area contributed by atoms with Crippen molar-refractivity contribution in [3.63, 3.8) is 0 Å². The molecule has 8 rings (SSSR count). The summed E-state index contributed by atoms with van der Waals surface area (Å²) in [7, 11) is 0. The Kier molecular flexibility index (Phi) is 10.5. The molecule has 5 aromatic rings. The van der Waals surface area contributed by atoms with E-state index in [4.69, 9.17) is 0 Å². The highest BCUT2D eigenvalue weighted by atomic mass is 32.1. The fraction of sp³-hybridized carbons (Fsp3) is 0.333. The first kappa shape index (κ1) is 35.8. The van der Waals surface area contributed by atoms with E-state index in [2.05, 4.69) is 37.4 Å². The van der Waals surface area contributed by atoms with Gasteiger partial charge in [-0.25, -0.2) is 4.79 Å². The fourth-order valence-electron chi connectivity index (χ4n) is 8.47. The molecule has 2 bridgehead atoms. The number of ketones is 1. The van der Waals surface area contributed by atoms with Crippen molar-refractivity contribution in [2.24, 2.45) is 5.41 Å². The van der Waals surface area contributed by atoms with Gasteiger partial charge in [0.1, 0.15) is 0 Å². The molecule has 3 aliphatic rings. The Morgan fingerprint density at radius 1 is 0.904 bits per heavy atom. The Morgan fingerprint density at radius 2 is 1.63 bits per heavy atom. The minimum absolute atomic E-state index is 0.0268. The molecule has 268 valence electrons. The molecule has 1 saturated carbocycles. The standard InChI is InChI=1S/C45H48N2O4S/c1-31-12-11-24-44(2)39(23-25-45(44,51)30-47(29-32-13-5-3-6-14-32)43(50)46-35-16-7-4-8-17-35)37-22-20-33(26-36(48)21-19-31)27-38(37)42(49)41-28-34-15-9-10-18-40(34)52-41/h3-10,12-18,20,22,27-28,36,39,48,51H,11,19,21,23-26,29-30H2,1-2H3,(H,46,50). The molecule has 52 heavy (non-hydrogen) atoms. The summed E-state index contributed by atoms with van der Waals surface area (Å²) in [5, 5.41) is 28.2. The number of nitrogens with one attached hydrogen (secondary N) is 1. The van der Waals surface area contributed by atoms with E-state index in [-0.39, 0.29) is 24.3 Å². The number of urea groups is 1. The number of carbonyl (C=O) groups excluding carboxylic acids is 2. The van der Waals surface area contributed by atoms with Crippen LogP contribution in [-0.2, 0) is 13.0 Å². The lowest BCUT2D eigenvalue weighted by Gasteiger charge is -2.46. The molecule has 4 atom stereocenters. The summed E-state index contributed by atoms with van der Waals surface area (Å²) in [6.45, 7) is 4.76. The minimum atomic E-state index is -1.24. The first-order chi connectivity index (χ1) is 25.1. The maximum atomic E-state index is 14.6. The number of hydrogen-bond donors (Lipinski definition) is 3. The first-order valence-corrected chi connectivity index (χ1v) is 19.3. The second kappa shape index (κ2) is 15.2. The number of carbonyl (C=O) groups is 2. The Bertz CT molecular complexity index is 2040. The third kappa shape index (κ3) is 7.49. The van der Waals surface area contributed by atoms with Crippen LogP contribution in [0, 0.1) is 5.41 Å². The van der Waals surface area contributed by atoms with E-state index in [0.29, 0.717) is 54.8 Å². The van der Waals surface area contributed by atoms with Crippen LogP contribution in [0.1, 0.15) is 90.2 Å². The van der Waals surface area contributed by atoms with Gasteiger partial charge in [-0.2, -0.15) is 0 Å². The zero-order chi connectivity index (χ0) is 36.3. The van der Waals surface area contributed by atoms with Crippen molar-refractivity contribution < 1.29 is 19.8 Å². The third-order valence-corrected chi connectivity index (χ3v) is 12.7. The maximum Gasteiger partial charge on any atom is 0.322 e. The van der Waals surface area contributed by atoms with E-state index in [9.17, 15) is 19.8 Å². The predicted molar refractivity (Wildman–Crippen MR) is 211 cm³/mol. The number of aliphatic hydroxyl groups excluding tert-OH is 1. The Balaban J connectivity index is 1.30. The van der Waals surface area contributed by atoms with E-state index in [0.717, 1.165) is 39.6 Å². The van der Waals surface area contributed by atoms with E-state index in [1.165, 1.54) is 16.9 Å². The van der Waals surface area contributed by atoms with Gasteiger partial charge in [-0.1, -0.05) is 97.4 Å². The number of rotatable bonds is 7. The van der Waals surface area contributed by atoms with Gasteiger partial charge in [0, 0.05) is 27.9 Å². The summed E-state index contributed by atoms with van der Waals surface area (Å²) in [5.74, 6) is -0.168. The smallest absolute Gasteiger partial charge is 0.322 e. The molecule has 0 spiro atoms. The zero-order valence-electron chi connectivity index (χ0n) is 30.1. The van der Waals surface area contributed by atoms with Crippen molar-refractivity contribution in [1.29, 1.82) is 0 Å². The molecule has 1 aromatic heterocycles. The molecule has 0 radical (unpaired) electrons. The van der Waals surface area contributed by atoms with E-state index >= 15 is 0 Å². The number of anilines is 1. The average Bonchev–Trinajstić information content (AvgIpc) is 3.69. The zero-order valence-corrected chi connectivity index (χ0v) is 30.9. The van der Waals surface area contributed by atoms with Crippen LogP contribution in [0.2, 0.25) is 0 Å². The van der Waals surface area contributed by atoms with E-state index < -0.39 is 17.1 Å². The van der Waals surface area contributed by atoms with Gasteiger partial charge in [0.25, 0.3) is 0 Å². The first-order valence-electron chi connectivity index (χ1n) is 18.5. The molecule has 1 fully saturated rings. The molecule has 2 amide bonds. The monoisotopic (exact) mass is 712 g/mol. The van der Waals surface area contributed by atoms with Gasteiger partial charge >= 0.3 is 6.03 Å². The molecule has 0 aliphatic heterocycles. The molecule has 3 N–H and O–H groups in total. The van der Waals surface area contributed by atoms with Crippen molar-refractivity contribution in [3.8, 4) is 0 Å². The van der Waals surface area contributed by atoms with Crippen LogP contribution in [0.5, 0.6) is 0 Å². The SMILES string of the molecule is CC1=CCCC2(C)C(CCC2(O)CN(Cc2ccccc2)C(=O)Nc2ccccc2)c2ccc(cc2C(=O)c2cc3ccccc3s2)CC(O)CC1. The number of benzene rings is 4. The number of para-hydroxylation sites is 1. The molecular weight excluding hydrogens is 665 g/mol. The van der Waals surface area contributed by atoms with Crippen LogP contribution in [0.3, 0.4) is 0 Å². The molecule has 6 nitrogen and oxygen atoms in total. The summed E-state index contributed by atoms with van der Waals surface area (Å²) in [5.41, 5.74) is 3.48. The van der Waals surface area contributed by atoms with E-state index in [1.54, 1.807) is 4.90 Å². The second-order valence-electron chi connectivity index (χ2n) is 15.1. The summed E-state index contributed by atoms with van der Waals surface area (Å²) in [6.07, 6.45) is 6.19. The highest BCUT2D eigenvalue weighted by Crippen LogP contribution is 2.59. The lowest BCUT2D eigenvalue weighted by atomic mass is 9.64. The minimum Gasteiger partial charge on any atom is -0.393 e. The predicted octanol–water partition coefficient (Wildman–Crippen LogP) is 9.91. The molecule has 7 heteroatoms. The number of thiophene rings is 1. The van der Waals surface area contributed by atoms with Gasteiger partial charge in [0.15, 0.2) is 0 Å². The summed E-state index contributed by atoms with van der Waals surface area (Å²) in [4.78, 5) is 31.1. The van der Waals surface area contributed by atoms with Gasteiger partial charge in [0.2, 0.25) is 5.78 Å². The topological polar surface area (TPSA) is 89.9 Å². The van der Waals surface area contributed by atoms with E-state index in [1.807, 2.05) is 97.1 Å². The highest BCUT2D eigenvalue weighted by Gasteiger charge is 2.57. The van der Waals surface area contributed by atoms with Crippen LogP contribution in [-0.4, -0.2) is 45.2 Å². The molecule has 1 heterocycles. The maximum absolute atomic E-state index is 14.6.